The molecule has 1 aromatic carbocycles. The lowest BCUT2D eigenvalue weighted by Gasteiger charge is -2.30. The molecule has 1 heterocycles. The van der Waals surface area contributed by atoms with Gasteiger partial charge in [0.1, 0.15) is 4.32 Å². The van der Waals surface area contributed by atoms with Gasteiger partial charge in [0.25, 0.3) is 11.8 Å². The molecule has 0 atom stereocenters. The summed E-state index contributed by atoms with van der Waals surface area (Å²) in [5.41, 5.74) is 0.805. The highest BCUT2D eigenvalue weighted by Crippen LogP contribution is 2.34. The van der Waals surface area contributed by atoms with Crippen molar-refractivity contribution in [2.75, 3.05) is 19.8 Å². The largest absolute Gasteiger partial charge is 0.490 e. The summed E-state index contributed by atoms with van der Waals surface area (Å²) in [5, 5.41) is 0. The Kier molecular flexibility index (Phi) is 8.73. The summed E-state index contributed by atoms with van der Waals surface area (Å²) in [6.07, 6.45) is 1.80. The van der Waals surface area contributed by atoms with Gasteiger partial charge in [-0.3, -0.25) is 14.5 Å². The average molecular weight is 451 g/mol. The fraction of sp³-hybridized carbons (Fsp3) is 0.500. The Labute approximate surface area is 188 Å². The molecule has 0 N–H and O–H groups in total. The Balaban J connectivity index is 2.19. The smallest absolute Gasteiger partial charge is 0.266 e. The van der Waals surface area contributed by atoms with Crippen molar-refractivity contribution in [1.82, 2.24) is 9.80 Å². The zero-order valence-corrected chi connectivity index (χ0v) is 20.1. The highest BCUT2D eigenvalue weighted by molar-refractivity contribution is 8.26. The van der Waals surface area contributed by atoms with E-state index in [2.05, 4.69) is 0 Å². The highest BCUT2D eigenvalue weighted by Gasteiger charge is 2.30. The molecule has 0 aliphatic carbocycles. The van der Waals surface area contributed by atoms with Crippen molar-refractivity contribution < 1.29 is 19.1 Å². The van der Waals surface area contributed by atoms with Crippen LogP contribution in [0.4, 0.5) is 0 Å². The van der Waals surface area contributed by atoms with Gasteiger partial charge in [-0.1, -0.05) is 30.0 Å². The lowest BCUT2D eigenvalue weighted by atomic mass is 10.2. The Hall–Kier alpha value is -2.06. The first kappa shape index (κ1) is 24.2. The Bertz CT molecular complexity index is 828. The van der Waals surface area contributed by atoms with Crippen molar-refractivity contribution in [3.8, 4) is 11.5 Å². The van der Waals surface area contributed by atoms with Crippen LogP contribution in [-0.4, -0.2) is 57.8 Å². The first-order valence-electron chi connectivity index (χ1n) is 10.2. The van der Waals surface area contributed by atoms with E-state index in [1.54, 1.807) is 21.9 Å². The molecular weight excluding hydrogens is 420 g/mol. The number of thiocarbonyl (C=S) groups is 1. The van der Waals surface area contributed by atoms with Crippen LogP contribution in [0.5, 0.6) is 11.5 Å². The molecule has 2 amide bonds. The van der Waals surface area contributed by atoms with E-state index in [1.165, 1.54) is 11.8 Å². The van der Waals surface area contributed by atoms with Gasteiger partial charge in [-0.05, 0) is 65.3 Å². The summed E-state index contributed by atoms with van der Waals surface area (Å²) < 4.78 is 12.1. The zero-order chi connectivity index (χ0) is 22.4. The summed E-state index contributed by atoms with van der Waals surface area (Å²) in [4.78, 5) is 29.0. The van der Waals surface area contributed by atoms with Crippen molar-refractivity contribution in [2.24, 2.45) is 0 Å². The maximum Gasteiger partial charge on any atom is 0.266 e. The quantitative estimate of drug-likeness (QED) is 0.412. The van der Waals surface area contributed by atoms with E-state index in [0.717, 1.165) is 5.56 Å². The van der Waals surface area contributed by atoms with Crippen LogP contribution < -0.4 is 9.47 Å². The van der Waals surface area contributed by atoms with Gasteiger partial charge < -0.3 is 14.4 Å². The topological polar surface area (TPSA) is 59.1 Å². The molecule has 1 aliphatic rings. The SMILES string of the molecule is CCOc1cc(/C=C2\SC(=S)N(CC)C2=O)ccc1OCC(=O)N(C(C)C)C(C)C. The van der Waals surface area contributed by atoms with Crippen LogP contribution in [0.15, 0.2) is 23.1 Å². The van der Waals surface area contributed by atoms with E-state index in [-0.39, 0.29) is 30.5 Å². The standard InChI is InChI=1S/C22H30N2O4S2/c1-7-23-21(26)19(30-22(23)29)12-16-9-10-17(18(11-16)27-8-2)28-13-20(25)24(14(3)4)15(5)6/h9-12,14-15H,7-8,13H2,1-6H3/b19-12-. The van der Waals surface area contributed by atoms with Crippen molar-refractivity contribution in [2.45, 2.75) is 53.6 Å². The number of carbonyl (C=O) groups excluding carboxylic acids is 2. The third-order valence-corrected chi connectivity index (χ3v) is 5.88. The van der Waals surface area contributed by atoms with Crippen molar-refractivity contribution >= 4 is 46.2 Å². The number of nitrogens with zero attached hydrogens (tertiary/aromatic N) is 2. The third-order valence-electron chi connectivity index (χ3n) is 4.51. The number of benzene rings is 1. The summed E-state index contributed by atoms with van der Waals surface area (Å²) in [6, 6.07) is 5.60. The van der Waals surface area contributed by atoms with E-state index in [9.17, 15) is 9.59 Å². The van der Waals surface area contributed by atoms with Crippen molar-refractivity contribution in [1.29, 1.82) is 0 Å². The number of hydrogen-bond acceptors (Lipinski definition) is 6. The molecule has 30 heavy (non-hydrogen) atoms. The number of likely N-dealkylation sites (N-methyl/N-ethyl adjacent to an activating group) is 1. The Morgan fingerprint density at radius 3 is 2.37 bits per heavy atom. The van der Waals surface area contributed by atoms with Crippen LogP contribution in [-0.2, 0) is 9.59 Å². The predicted octanol–water partition coefficient (Wildman–Crippen LogP) is 4.33. The number of rotatable bonds is 9. The second kappa shape index (κ2) is 10.8. The van der Waals surface area contributed by atoms with Gasteiger partial charge in [0.15, 0.2) is 18.1 Å². The molecule has 1 saturated heterocycles. The van der Waals surface area contributed by atoms with Crippen LogP contribution in [0.1, 0.15) is 47.1 Å². The fourth-order valence-corrected chi connectivity index (χ4v) is 4.70. The number of carbonyl (C=O) groups is 2. The van der Waals surface area contributed by atoms with Gasteiger partial charge in [-0.15, -0.1) is 0 Å². The minimum atomic E-state index is -0.0844. The van der Waals surface area contributed by atoms with E-state index < -0.39 is 0 Å². The van der Waals surface area contributed by atoms with Crippen LogP contribution in [0.3, 0.4) is 0 Å². The molecule has 8 heteroatoms. The molecule has 0 unspecified atom stereocenters. The molecule has 6 nitrogen and oxygen atoms in total. The summed E-state index contributed by atoms with van der Waals surface area (Å²) >= 11 is 6.56. The van der Waals surface area contributed by atoms with E-state index in [1.807, 2.05) is 53.7 Å². The van der Waals surface area contributed by atoms with Crippen molar-refractivity contribution in [3.05, 3.63) is 28.7 Å². The Morgan fingerprint density at radius 1 is 1.17 bits per heavy atom. The van der Waals surface area contributed by atoms with Gasteiger partial charge >= 0.3 is 0 Å². The summed E-state index contributed by atoms with van der Waals surface area (Å²) in [5.74, 6) is 0.871. The molecule has 164 valence electrons. The van der Waals surface area contributed by atoms with Gasteiger partial charge in [0.05, 0.1) is 11.5 Å². The van der Waals surface area contributed by atoms with E-state index in [0.29, 0.717) is 33.9 Å². The van der Waals surface area contributed by atoms with E-state index >= 15 is 0 Å². The summed E-state index contributed by atoms with van der Waals surface area (Å²) in [7, 11) is 0. The molecule has 2 rings (SSSR count). The van der Waals surface area contributed by atoms with Crippen LogP contribution in [0.2, 0.25) is 0 Å². The normalized spacial score (nSPS) is 15.5. The molecular formula is C22H30N2O4S2. The maximum absolute atomic E-state index is 12.6. The van der Waals surface area contributed by atoms with Gasteiger partial charge in [-0.25, -0.2) is 0 Å². The predicted molar refractivity (Wildman–Crippen MR) is 126 cm³/mol. The van der Waals surface area contributed by atoms with Crippen LogP contribution >= 0.6 is 24.0 Å². The van der Waals surface area contributed by atoms with Gasteiger partial charge in [0, 0.05) is 18.6 Å². The number of ether oxygens (including phenoxy) is 2. The lowest BCUT2D eigenvalue weighted by molar-refractivity contribution is -0.137. The molecule has 0 spiro atoms. The minimum Gasteiger partial charge on any atom is -0.490 e. The van der Waals surface area contributed by atoms with Gasteiger partial charge in [0.2, 0.25) is 0 Å². The van der Waals surface area contributed by atoms with Crippen LogP contribution in [0.25, 0.3) is 6.08 Å². The first-order valence-corrected chi connectivity index (χ1v) is 11.4. The first-order chi connectivity index (χ1) is 14.2. The number of thioether (sulfide) groups is 1. The van der Waals surface area contributed by atoms with Gasteiger partial charge in [-0.2, -0.15) is 0 Å². The number of amides is 2. The molecule has 1 aromatic rings. The second-order valence-corrected chi connectivity index (χ2v) is 9.02. The zero-order valence-electron chi connectivity index (χ0n) is 18.4. The van der Waals surface area contributed by atoms with E-state index in [4.69, 9.17) is 21.7 Å². The molecule has 0 aromatic heterocycles. The molecule has 0 bridgehead atoms. The average Bonchev–Trinajstić information content (AvgIpc) is 2.93. The molecule has 0 radical (unpaired) electrons. The lowest BCUT2D eigenvalue weighted by Crippen LogP contribution is -2.44. The Morgan fingerprint density at radius 2 is 1.83 bits per heavy atom. The maximum atomic E-state index is 12.6. The fourth-order valence-electron chi connectivity index (χ4n) is 3.31. The highest BCUT2D eigenvalue weighted by atomic mass is 32.2. The third kappa shape index (κ3) is 5.76. The summed E-state index contributed by atoms with van der Waals surface area (Å²) in [6.45, 7) is 12.7. The number of hydrogen-bond donors (Lipinski definition) is 0. The monoisotopic (exact) mass is 450 g/mol. The van der Waals surface area contributed by atoms with Crippen molar-refractivity contribution in [3.63, 3.8) is 0 Å². The molecule has 0 saturated carbocycles. The molecule has 1 fully saturated rings. The molecule has 1 aliphatic heterocycles. The second-order valence-electron chi connectivity index (χ2n) is 7.34. The van der Waals surface area contributed by atoms with Crippen LogP contribution in [0, 0.1) is 0 Å². The minimum absolute atomic E-state index is 0.0645.